The summed E-state index contributed by atoms with van der Waals surface area (Å²) in [6, 6.07) is 14.1. The maximum absolute atomic E-state index is 9.28. The maximum Gasteiger partial charge on any atom is 0.115 e. The summed E-state index contributed by atoms with van der Waals surface area (Å²) in [6.45, 7) is 4.37. The van der Waals surface area contributed by atoms with Gasteiger partial charge in [-0.1, -0.05) is 37.7 Å². The van der Waals surface area contributed by atoms with E-state index in [0.29, 0.717) is 5.75 Å². The highest BCUT2D eigenvalue weighted by molar-refractivity contribution is 7.99. The monoisotopic (exact) mass is 258 g/mol. The summed E-state index contributed by atoms with van der Waals surface area (Å²) < 4.78 is 0. The number of hydrogen-bond acceptors (Lipinski definition) is 2. The van der Waals surface area contributed by atoms with E-state index in [4.69, 9.17) is 0 Å². The largest absolute Gasteiger partial charge is 0.508 e. The van der Waals surface area contributed by atoms with Crippen LogP contribution in [0.5, 0.6) is 5.75 Å². The summed E-state index contributed by atoms with van der Waals surface area (Å²) in [5.74, 6) is 0.316. The fourth-order valence-corrected chi connectivity index (χ4v) is 2.87. The quantitative estimate of drug-likeness (QED) is 0.860. The van der Waals surface area contributed by atoms with Crippen LogP contribution >= 0.6 is 11.8 Å². The molecule has 0 saturated carbocycles. The molecule has 0 spiro atoms. The van der Waals surface area contributed by atoms with E-state index in [0.717, 1.165) is 17.7 Å². The first kappa shape index (κ1) is 13.0. The second kappa shape index (κ2) is 5.96. The van der Waals surface area contributed by atoms with Gasteiger partial charge in [-0.3, -0.25) is 0 Å². The van der Waals surface area contributed by atoms with Crippen LogP contribution in [0.2, 0.25) is 0 Å². The van der Waals surface area contributed by atoms with Crippen molar-refractivity contribution in [1.29, 1.82) is 0 Å². The fraction of sp³-hybridized carbons (Fsp3) is 0.250. The molecule has 0 aliphatic heterocycles. The van der Waals surface area contributed by atoms with E-state index >= 15 is 0 Å². The predicted octanol–water partition coefficient (Wildman–Crippen LogP) is 4.67. The molecule has 0 unspecified atom stereocenters. The highest BCUT2D eigenvalue weighted by atomic mass is 32.2. The summed E-state index contributed by atoms with van der Waals surface area (Å²) in [7, 11) is 0. The molecule has 0 atom stereocenters. The summed E-state index contributed by atoms with van der Waals surface area (Å²) in [5.41, 5.74) is 2.79. The van der Waals surface area contributed by atoms with E-state index < -0.39 is 0 Å². The first-order valence-corrected chi connectivity index (χ1v) is 7.13. The van der Waals surface area contributed by atoms with Crippen molar-refractivity contribution in [3.05, 3.63) is 53.6 Å². The standard InChI is InChI=1S/C16H18OS/c1-3-12-5-10-16(13(4-2)11-12)18-15-8-6-14(17)7-9-15/h5-11,17H,3-4H2,1-2H3. The van der Waals surface area contributed by atoms with E-state index in [9.17, 15) is 5.11 Å². The highest BCUT2D eigenvalue weighted by Gasteiger charge is 2.04. The molecule has 0 radical (unpaired) electrons. The van der Waals surface area contributed by atoms with Gasteiger partial charge in [-0.15, -0.1) is 0 Å². The van der Waals surface area contributed by atoms with Gasteiger partial charge in [-0.05, 0) is 54.3 Å². The number of phenols is 1. The van der Waals surface area contributed by atoms with Crippen LogP contribution in [0.4, 0.5) is 0 Å². The molecule has 0 heterocycles. The second-order valence-electron chi connectivity index (χ2n) is 4.25. The Morgan fingerprint density at radius 3 is 2.28 bits per heavy atom. The molecule has 0 fully saturated rings. The lowest BCUT2D eigenvalue weighted by atomic mass is 10.1. The van der Waals surface area contributed by atoms with Crippen molar-refractivity contribution in [2.75, 3.05) is 0 Å². The van der Waals surface area contributed by atoms with Crippen LogP contribution in [0.25, 0.3) is 0 Å². The third kappa shape index (κ3) is 3.08. The normalized spacial score (nSPS) is 10.6. The summed E-state index contributed by atoms with van der Waals surface area (Å²) in [4.78, 5) is 2.46. The van der Waals surface area contributed by atoms with Crippen molar-refractivity contribution in [2.45, 2.75) is 36.5 Å². The molecule has 2 aromatic carbocycles. The number of rotatable bonds is 4. The SMILES string of the molecule is CCc1ccc(Sc2ccc(O)cc2)c(CC)c1. The first-order valence-electron chi connectivity index (χ1n) is 6.31. The Kier molecular flexibility index (Phi) is 4.32. The molecule has 0 saturated heterocycles. The Morgan fingerprint density at radius 2 is 1.67 bits per heavy atom. The minimum absolute atomic E-state index is 0.316. The zero-order valence-corrected chi connectivity index (χ0v) is 11.6. The van der Waals surface area contributed by atoms with E-state index in [2.05, 4.69) is 32.0 Å². The van der Waals surface area contributed by atoms with E-state index in [1.807, 2.05) is 12.1 Å². The lowest BCUT2D eigenvalue weighted by Gasteiger charge is -2.09. The van der Waals surface area contributed by atoms with Crippen molar-refractivity contribution in [1.82, 2.24) is 0 Å². The van der Waals surface area contributed by atoms with Gasteiger partial charge in [-0.2, -0.15) is 0 Å². The third-order valence-corrected chi connectivity index (χ3v) is 4.10. The predicted molar refractivity (Wildman–Crippen MR) is 77.4 cm³/mol. The van der Waals surface area contributed by atoms with Crippen LogP contribution in [-0.4, -0.2) is 5.11 Å². The molecule has 0 aliphatic carbocycles. The van der Waals surface area contributed by atoms with Gasteiger partial charge in [0.05, 0.1) is 0 Å². The number of benzene rings is 2. The van der Waals surface area contributed by atoms with Gasteiger partial charge in [-0.25, -0.2) is 0 Å². The van der Waals surface area contributed by atoms with Crippen LogP contribution in [0.15, 0.2) is 52.3 Å². The molecular weight excluding hydrogens is 240 g/mol. The van der Waals surface area contributed by atoms with Crippen molar-refractivity contribution in [3.8, 4) is 5.75 Å². The molecule has 0 aliphatic rings. The Balaban J connectivity index is 2.25. The van der Waals surface area contributed by atoms with Crippen molar-refractivity contribution < 1.29 is 5.11 Å². The highest BCUT2D eigenvalue weighted by Crippen LogP contribution is 2.32. The molecule has 2 heteroatoms. The van der Waals surface area contributed by atoms with Gasteiger partial charge in [0.25, 0.3) is 0 Å². The van der Waals surface area contributed by atoms with E-state index in [-0.39, 0.29) is 0 Å². The number of aryl methyl sites for hydroxylation is 2. The van der Waals surface area contributed by atoms with Crippen molar-refractivity contribution in [2.24, 2.45) is 0 Å². The molecule has 1 nitrogen and oxygen atoms in total. The molecule has 18 heavy (non-hydrogen) atoms. The summed E-state index contributed by atoms with van der Waals surface area (Å²) in [6.07, 6.45) is 2.13. The third-order valence-electron chi connectivity index (χ3n) is 2.98. The van der Waals surface area contributed by atoms with Crippen molar-refractivity contribution >= 4 is 11.8 Å². The Hall–Kier alpha value is -1.41. The molecule has 0 amide bonds. The van der Waals surface area contributed by atoms with Gasteiger partial charge in [0.2, 0.25) is 0 Å². The van der Waals surface area contributed by atoms with Crippen LogP contribution in [-0.2, 0) is 12.8 Å². The van der Waals surface area contributed by atoms with E-state index in [1.165, 1.54) is 16.0 Å². The Morgan fingerprint density at radius 1 is 0.944 bits per heavy atom. The van der Waals surface area contributed by atoms with Crippen molar-refractivity contribution in [3.63, 3.8) is 0 Å². The Labute approximate surface area is 113 Å². The minimum Gasteiger partial charge on any atom is -0.508 e. The van der Waals surface area contributed by atoms with Gasteiger partial charge in [0.15, 0.2) is 0 Å². The van der Waals surface area contributed by atoms with Crippen LogP contribution in [0.1, 0.15) is 25.0 Å². The molecule has 1 N–H and O–H groups in total. The van der Waals surface area contributed by atoms with Crippen LogP contribution < -0.4 is 0 Å². The lowest BCUT2D eigenvalue weighted by molar-refractivity contribution is 0.475. The number of phenolic OH excluding ortho intramolecular Hbond substituents is 1. The van der Waals surface area contributed by atoms with Gasteiger partial charge >= 0.3 is 0 Å². The number of aromatic hydroxyl groups is 1. The van der Waals surface area contributed by atoms with Crippen LogP contribution in [0.3, 0.4) is 0 Å². The first-order chi connectivity index (χ1) is 8.72. The molecule has 2 aromatic rings. The maximum atomic E-state index is 9.28. The number of hydrogen-bond donors (Lipinski definition) is 1. The second-order valence-corrected chi connectivity index (χ2v) is 5.36. The topological polar surface area (TPSA) is 20.2 Å². The average molecular weight is 258 g/mol. The van der Waals surface area contributed by atoms with E-state index in [1.54, 1.807) is 23.9 Å². The zero-order chi connectivity index (χ0) is 13.0. The Bertz CT molecular complexity index is 517. The minimum atomic E-state index is 0.316. The fourth-order valence-electron chi connectivity index (χ4n) is 1.87. The van der Waals surface area contributed by atoms with Gasteiger partial charge in [0.1, 0.15) is 5.75 Å². The molecule has 2 rings (SSSR count). The average Bonchev–Trinajstić information content (AvgIpc) is 2.41. The lowest BCUT2D eigenvalue weighted by Crippen LogP contribution is -1.89. The molecule has 94 valence electrons. The van der Waals surface area contributed by atoms with Crippen LogP contribution in [0, 0.1) is 0 Å². The molecule has 0 bridgehead atoms. The van der Waals surface area contributed by atoms with Gasteiger partial charge < -0.3 is 5.11 Å². The summed E-state index contributed by atoms with van der Waals surface area (Å²) in [5, 5.41) is 9.28. The zero-order valence-electron chi connectivity index (χ0n) is 10.8. The summed E-state index contributed by atoms with van der Waals surface area (Å²) >= 11 is 1.76. The molecular formula is C16H18OS. The smallest absolute Gasteiger partial charge is 0.115 e. The molecule has 0 aromatic heterocycles. The van der Waals surface area contributed by atoms with Gasteiger partial charge in [0, 0.05) is 9.79 Å².